The maximum Gasteiger partial charge on any atom is 0.166 e. The first-order valence-corrected chi connectivity index (χ1v) is 9.53. The molecule has 3 rings (SSSR count). The molecule has 0 saturated heterocycles. The van der Waals surface area contributed by atoms with Gasteiger partial charge in [-0.2, -0.15) is 0 Å². The number of methoxy groups -OCH3 is 1. The molecule has 0 spiro atoms. The van der Waals surface area contributed by atoms with Crippen LogP contribution in [-0.2, 0) is 19.6 Å². The molecule has 5 heteroatoms. The first-order valence-electron chi connectivity index (χ1n) is 9.15. The molecule has 28 heavy (non-hydrogen) atoms. The summed E-state index contributed by atoms with van der Waals surface area (Å²) in [6.45, 7) is 1.59. The Kier molecular flexibility index (Phi) is 7.29. The van der Waals surface area contributed by atoms with Crippen molar-refractivity contribution < 1.29 is 13.9 Å². The predicted molar refractivity (Wildman–Crippen MR) is 111 cm³/mol. The van der Waals surface area contributed by atoms with Gasteiger partial charge in [-0.05, 0) is 36.7 Å². The first-order chi connectivity index (χ1) is 13.7. The van der Waals surface area contributed by atoms with E-state index in [4.69, 9.17) is 21.1 Å². The monoisotopic (exact) mass is 399 g/mol. The maximum atomic E-state index is 13.7. The molecule has 0 fully saturated rings. The lowest BCUT2D eigenvalue weighted by Crippen LogP contribution is -2.18. The third kappa shape index (κ3) is 5.24. The van der Waals surface area contributed by atoms with Crippen molar-refractivity contribution in [2.24, 2.45) is 0 Å². The Morgan fingerprint density at radius 2 is 1.61 bits per heavy atom. The van der Waals surface area contributed by atoms with Crippen molar-refractivity contribution in [3.8, 4) is 11.5 Å². The fourth-order valence-corrected chi connectivity index (χ4v) is 3.13. The smallest absolute Gasteiger partial charge is 0.166 e. The molecule has 0 atom stereocenters. The minimum atomic E-state index is -0.172. The molecule has 0 unspecified atom stereocenters. The van der Waals surface area contributed by atoms with Gasteiger partial charge < -0.3 is 14.8 Å². The normalized spacial score (nSPS) is 10.7. The topological polar surface area (TPSA) is 30.5 Å². The second-order valence-electron chi connectivity index (χ2n) is 6.35. The molecule has 0 aliphatic rings. The van der Waals surface area contributed by atoms with Crippen molar-refractivity contribution in [2.45, 2.75) is 19.6 Å². The maximum absolute atomic E-state index is 13.7. The van der Waals surface area contributed by atoms with Gasteiger partial charge in [-0.1, -0.05) is 60.1 Å². The molecule has 0 aliphatic carbocycles. The number of rotatable bonds is 9. The average molecular weight is 400 g/mol. The minimum Gasteiger partial charge on any atom is -0.493 e. The highest BCUT2D eigenvalue weighted by Gasteiger charge is 2.12. The number of ether oxygens (including phenoxy) is 2. The zero-order valence-corrected chi connectivity index (χ0v) is 16.5. The van der Waals surface area contributed by atoms with E-state index in [0.717, 1.165) is 11.1 Å². The van der Waals surface area contributed by atoms with Gasteiger partial charge in [-0.15, -0.1) is 0 Å². The average Bonchev–Trinajstić information content (AvgIpc) is 2.72. The van der Waals surface area contributed by atoms with Crippen LogP contribution in [0, 0.1) is 5.82 Å². The van der Waals surface area contributed by atoms with Crippen molar-refractivity contribution in [1.82, 2.24) is 5.32 Å². The summed E-state index contributed by atoms with van der Waals surface area (Å²) < 4.78 is 25.2. The van der Waals surface area contributed by atoms with Gasteiger partial charge >= 0.3 is 0 Å². The fraction of sp³-hybridized carbons (Fsp3) is 0.217. The van der Waals surface area contributed by atoms with Crippen molar-refractivity contribution in [1.29, 1.82) is 0 Å². The number of hydrogen-bond acceptors (Lipinski definition) is 3. The summed E-state index contributed by atoms with van der Waals surface area (Å²) in [4.78, 5) is 0. The molecule has 3 aromatic carbocycles. The molecule has 0 radical (unpaired) electrons. The van der Waals surface area contributed by atoms with E-state index < -0.39 is 0 Å². The molecule has 3 nitrogen and oxygen atoms in total. The molecule has 0 heterocycles. The highest BCUT2D eigenvalue weighted by atomic mass is 35.5. The van der Waals surface area contributed by atoms with Crippen molar-refractivity contribution in [3.63, 3.8) is 0 Å². The van der Waals surface area contributed by atoms with Crippen LogP contribution in [0.3, 0.4) is 0 Å². The lowest BCUT2D eigenvalue weighted by Gasteiger charge is -2.16. The highest BCUT2D eigenvalue weighted by molar-refractivity contribution is 6.31. The lowest BCUT2D eigenvalue weighted by molar-refractivity contribution is 0.280. The van der Waals surface area contributed by atoms with Crippen LogP contribution in [0.25, 0.3) is 0 Å². The van der Waals surface area contributed by atoms with Gasteiger partial charge in [-0.25, -0.2) is 4.39 Å². The quantitative estimate of drug-likeness (QED) is 0.489. The molecule has 0 amide bonds. The van der Waals surface area contributed by atoms with Gasteiger partial charge in [0.2, 0.25) is 0 Å². The molecular formula is C23H23ClFNO2. The van der Waals surface area contributed by atoms with Crippen LogP contribution in [0.2, 0.25) is 5.02 Å². The number of hydrogen-bond donors (Lipinski definition) is 1. The molecular weight excluding hydrogens is 377 g/mol. The van der Waals surface area contributed by atoms with Crippen LogP contribution < -0.4 is 14.8 Å². The molecule has 0 aliphatic heterocycles. The summed E-state index contributed by atoms with van der Waals surface area (Å²) in [6, 6.07) is 20.2. The molecule has 3 aromatic rings. The van der Waals surface area contributed by atoms with E-state index in [2.05, 4.69) is 5.32 Å². The Balaban J connectivity index is 1.64. The highest BCUT2D eigenvalue weighted by Crippen LogP contribution is 2.32. The zero-order valence-electron chi connectivity index (χ0n) is 15.8. The standard InChI is InChI=1S/C23H23ClFNO2/c1-27-22-12-6-9-18(15-26-14-13-17-7-3-5-11-21(17)25)23(22)28-16-19-8-2-4-10-20(19)24/h2-12,26H,13-16H2,1H3. The van der Waals surface area contributed by atoms with Gasteiger partial charge in [0.25, 0.3) is 0 Å². The number of para-hydroxylation sites is 1. The molecule has 146 valence electrons. The van der Waals surface area contributed by atoms with E-state index >= 15 is 0 Å². The van der Waals surface area contributed by atoms with Crippen molar-refractivity contribution in [3.05, 3.63) is 94.3 Å². The van der Waals surface area contributed by atoms with E-state index in [0.29, 0.717) is 48.2 Å². The van der Waals surface area contributed by atoms with Gasteiger partial charge in [-0.3, -0.25) is 0 Å². The Morgan fingerprint density at radius 3 is 2.36 bits per heavy atom. The zero-order chi connectivity index (χ0) is 19.8. The first kappa shape index (κ1) is 20.2. The third-order valence-electron chi connectivity index (χ3n) is 4.45. The molecule has 0 saturated carbocycles. The Morgan fingerprint density at radius 1 is 0.893 bits per heavy atom. The van der Waals surface area contributed by atoms with E-state index in [1.807, 2.05) is 48.5 Å². The summed E-state index contributed by atoms with van der Waals surface area (Å²) in [5.41, 5.74) is 2.59. The summed E-state index contributed by atoms with van der Waals surface area (Å²) in [5.74, 6) is 1.18. The van der Waals surface area contributed by atoms with E-state index in [9.17, 15) is 4.39 Å². The second kappa shape index (κ2) is 10.1. The second-order valence-corrected chi connectivity index (χ2v) is 6.75. The van der Waals surface area contributed by atoms with Crippen LogP contribution in [0.5, 0.6) is 11.5 Å². The van der Waals surface area contributed by atoms with Crippen LogP contribution >= 0.6 is 11.6 Å². The molecule has 1 N–H and O–H groups in total. The summed E-state index contributed by atoms with van der Waals surface area (Å²) in [5, 5.41) is 4.02. The number of nitrogens with one attached hydrogen (secondary N) is 1. The number of benzene rings is 3. The van der Waals surface area contributed by atoms with Gasteiger partial charge in [0, 0.05) is 22.7 Å². The summed E-state index contributed by atoms with van der Waals surface area (Å²) in [7, 11) is 1.62. The molecule has 0 aromatic heterocycles. The Bertz CT molecular complexity index is 917. The Labute approximate surface area is 170 Å². The summed E-state index contributed by atoms with van der Waals surface area (Å²) in [6.07, 6.45) is 0.618. The fourth-order valence-electron chi connectivity index (χ4n) is 2.94. The van der Waals surface area contributed by atoms with Crippen molar-refractivity contribution >= 4 is 11.6 Å². The predicted octanol–water partition coefficient (Wildman–Crippen LogP) is 5.40. The van der Waals surface area contributed by atoms with Crippen molar-refractivity contribution in [2.75, 3.05) is 13.7 Å². The number of halogens is 2. The van der Waals surface area contributed by atoms with Gasteiger partial charge in [0.05, 0.1) is 7.11 Å². The van der Waals surface area contributed by atoms with Crippen LogP contribution in [0.1, 0.15) is 16.7 Å². The van der Waals surface area contributed by atoms with E-state index in [1.54, 1.807) is 19.2 Å². The third-order valence-corrected chi connectivity index (χ3v) is 4.82. The van der Waals surface area contributed by atoms with E-state index in [-0.39, 0.29) is 5.82 Å². The largest absolute Gasteiger partial charge is 0.493 e. The summed E-state index contributed by atoms with van der Waals surface area (Å²) >= 11 is 6.22. The van der Waals surface area contributed by atoms with Gasteiger partial charge in [0.1, 0.15) is 12.4 Å². The molecule has 0 bridgehead atoms. The van der Waals surface area contributed by atoms with Crippen LogP contribution in [0.4, 0.5) is 4.39 Å². The van der Waals surface area contributed by atoms with Crippen LogP contribution in [-0.4, -0.2) is 13.7 Å². The van der Waals surface area contributed by atoms with Crippen LogP contribution in [0.15, 0.2) is 66.7 Å². The van der Waals surface area contributed by atoms with Gasteiger partial charge in [0.15, 0.2) is 11.5 Å². The lowest BCUT2D eigenvalue weighted by atomic mass is 10.1. The van der Waals surface area contributed by atoms with E-state index in [1.165, 1.54) is 6.07 Å². The SMILES string of the molecule is COc1cccc(CNCCc2ccccc2F)c1OCc1ccccc1Cl. The minimum absolute atomic E-state index is 0.172. The Hall–Kier alpha value is -2.56.